The molecule has 7 rings (SSSR count). The van der Waals surface area contributed by atoms with Crippen molar-refractivity contribution >= 4 is 47.2 Å². The van der Waals surface area contributed by atoms with Crippen LogP contribution in [-0.2, 0) is 55.4 Å². The Labute approximate surface area is 438 Å². The van der Waals surface area contributed by atoms with Gasteiger partial charge in [-0.2, -0.15) is 26.3 Å². The molecule has 2 aromatic heterocycles. The van der Waals surface area contributed by atoms with Gasteiger partial charge >= 0.3 is 36.2 Å². The van der Waals surface area contributed by atoms with Gasteiger partial charge in [-0.15, -0.1) is 5.06 Å². The van der Waals surface area contributed by atoms with Gasteiger partial charge in [0, 0.05) is 83.7 Å². The summed E-state index contributed by atoms with van der Waals surface area (Å²) in [5.41, 5.74) is 1.99. The fourth-order valence-electron chi connectivity index (χ4n) is 9.48. The van der Waals surface area contributed by atoms with Crippen molar-refractivity contribution in [2.45, 2.75) is 133 Å². The number of esters is 2. The highest BCUT2D eigenvalue weighted by molar-refractivity contribution is 6.01. The number of hydrogen-bond donors (Lipinski definition) is 1. The summed E-state index contributed by atoms with van der Waals surface area (Å²) in [6.45, 7) is 21.4. The highest BCUT2D eigenvalue weighted by Gasteiger charge is 2.44. The van der Waals surface area contributed by atoms with Crippen molar-refractivity contribution in [3.63, 3.8) is 0 Å². The number of carbonyl (C=O) groups excluding carboxylic acids is 5. The molecule has 0 spiro atoms. The van der Waals surface area contributed by atoms with Gasteiger partial charge in [-0.25, -0.2) is 4.79 Å². The molecule has 4 aromatic rings. The first kappa shape index (κ1) is 58.8. The number of alkyl halides is 6. The number of carboxylic acid groups (broad SMARTS) is 1. The third-order valence-electron chi connectivity index (χ3n) is 12.3. The number of carbonyl (C=O) groups is 6. The highest BCUT2D eigenvalue weighted by atomic mass is 19.4. The number of nitrogens with zero attached hydrogens (tertiary/aromatic N) is 3. The average molecular weight is 1090 g/mol. The van der Waals surface area contributed by atoms with Gasteiger partial charge in [0.1, 0.15) is 34.4 Å². The van der Waals surface area contributed by atoms with Crippen molar-refractivity contribution in [1.82, 2.24) is 15.4 Å². The Hall–Kier alpha value is -7.46. The van der Waals surface area contributed by atoms with Crippen molar-refractivity contribution < 1.29 is 93.0 Å². The molecule has 0 unspecified atom stereocenters. The minimum Gasteiger partial charge on any atom is -0.492 e. The molecule has 17 nitrogen and oxygen atoms in total. The van der Waals surface area contributed by atoms with Gasteiger partial charge in [0.25, 0.3) is 11.8 Å². The maximum absolute atomic E-state index is 13.2. The van der Waals surface area contributed by atoms with Crippen LogP contribution >= 0.6 is 0 Å². The molecule has 1 fully saturated rings. The lowest BCUT2D eigenvalue weighted by Crippen LogP contribution is -2.32. The quantitative estimate of drug-likeness (QED) is 0.0505. The second-order valence-electron chi connectivity index (χ2n) is 21.9. The van der Waals surface area contributed by atoms with Crippen LogP contribution in [0.1, 0.15) is 143 Å². The predicted octanol–water partition coefficient (Wildman–Crippen LogP) is 12.2. The summed E-state index contributed by atoms with van der Waals surface area (Å²) in [5, 5.41) is 16.2. The van der Waals surface area contributed by atoms with Gasteiger partial charge in [0.2, 0.25) is 11.5 Å². The number of hydroxylamine groups is 2. The van der Waals surface area contributed by atoms with Crippen LogP contribution in [0, 0.1) is 21.7 Å². The molecule has 1 N–H and O–H groups in total. The van der Waals surface area contributed by atoms with E-state index in [1.165, 1.54) is 24.3 Å². The Morgan fingerprint density at radius 2 is 0.974 bits per heavy atom. The monoisotopic (exact) mass is 1090 g/mol. The maximum atomic E-state index is 13.2. The van der Waals surface area contributed by atoms with Crippen LogP contribution in [0.2, 0.25) is 0 Å². The number of hydrogen-bond acceptors (Lipinski definition) is 15. The minimum absolute atomic E-state index is 0.0288. The van der Waals surface area contributed by atoms with E-state index in [-0.39, 0.29) is 107 Å². The Balaban J connectivity index is 0.000000254. The number of aromatic nitrogens is 2. The van der Waals surface area contributed by atoms with Crippen LogP contribution in [0.3, 0.4) is 0 Å². The fraction of sp³-hybridized carbons (Fsp3) is 0.481. The van der Waals surface area contributed by atoms with Gasteiger partial charge in [0.05, 0.1) is 13.2 Å². The number of benzene rings is 2. The molecule has 0 atom stereocenters. The molecule has 0 aliphatic carbocycles. The summed E-state index contributed by atoms with van der Waals surface area (Å²) in [4.78, 5) is 76.0. The van der Waals surface area contributed by atoms with E-state index >= 15 is 0 Å². The SMILES string of the molecule is CC(C)(C)C1=C(c2ccc(-c3cc(C(F)(F)F)on3)c(OC(=O)CCCC(=O)O)c2)OCC1(C)C.CC(C)(C)C1=C(c2ccc(-c3cc(C(F)(F)F)on3)c(OC(=O)CCCC(=O)ON3C(=O)CCC3=O)c2)OCC1(C)C. The average Bonchev–Trinajstić information content (AvgIpc) is 4.15. The van der Waals surface area contributed by atoms with Gasteiger partial charge in [-0.3, -0.25) is 24.0 Å². The third-order valence-corrected chi connectivity index (χ3v) is 12.3. The molecule has 5 heterocycles. The Morgan fingerprint density at radius 1 is 0.597 bits per heavy atom. The molecule has 3 aliphatic heterocycles. The summed E-state index contributed by atoms with van der Waals surface area (Å²) in [6.07, 6.45) is -10.5. The van der Waals surface area contributed by atoms with E-state index in [1.807, 2.05) is 34.6 Å². The molecule has 2 amide bonds. The number of imide groups is 1. The first-order valence-corrected chi connectivity index (χ1v) is 24.4. The van der Waals surface area contributed by atoms with E-state index in [9.17, 15) is 55.1 Å². The Bertz CT molecular complexity index is 2990. The zero-order valence-electron chi connectivity index (χ0n) is 44.1. The van der Waals surface area contributed by atoms with Gasteiger partial charge in [-0.05, 0) is 59.1 Å². The summed E-state index contributed by atoms with van der Waals surface area (Å²) in [5.74, 6) is -6.18. The van der Waals surface area contributed by atoms with Crippen LogP contribution in [0.4, 0.5) is 26.3 Å². The van der Waals surface area contributed by atoms with Gasteiger partial charge in [0.15, 0.2) is 0 Å². The minimum atomic E-state index is -4.77. The van der Waals surface area contributed by atoms with Crippen molar-refractivity contribution in [3.05, 3.63) is 82.3 Å². The molecule has 0 saturated carbocycles. The van der Waals surface area contributed by atoms with E-state index < -0.39 is 59.6 Å². The summed E-state index contributed by atoms with van der Waals surface area (Å²) in [6, 6.07) is 10.7. The van der Waals surface area contributed by atoms with E-state index in [1.54, 1.807) is 12.1 Å². The molecule has 3 aliphatic rings. The van der Waals surface area contributed by atoms with Crippen LogP contribution in [0.15, 0.2) is 68.7 Å². The number of carboxylic acids is 1. The number of aliphatic carboxylic acids is 1. The molecule has 0 bridgehead atoms. The summed E-state index contributed by atoms with van der Waals surface area (Å²) >= 11 is 0. The highest BCUT2D eigenvalue weighted by Crippen LogP contribution is 2.52. The molecule has 0 radical (unpaired) electrons. The number of amides is 2. The molecule has 2 aromatic carbocycles. The molecule has 1 saturated heterocycles. The largest absolute Gasteiger partial charge is 0.492 e. The van der Waals surface area contributed by atoms with Gasteiger partial charge < -0.3 is 37.9 Å². The van der Waals surface area contributed by atoms with Crippen LogP contribution in [-0.4, -0.2) is 69.4 Å². The molecular weight excluding hydrogens is 1030 g/mol. The Kier molecular flexibility index (Phi) is 17.0. The second-order valence-corrected chi connectivity index (χ2v) is 21.9. The second kappa shape index (κ2) is 22.3. The molecule has 77 heavy (non-hydrogen) atoms. The number of ether oxygens (including phenoxy) is 4. The van der Waals surface area contributed by atoms with E-state index in [4.69, 9.17) is 28.9 Å². The standard InChI is InChI=1S/C29H31F3N2O8.C25H28F3NO6/c1-27(2,3)26-25(39-15-28(26,4)5)16-9-10-17(18-14-20(41-33-18)29(30,31)32)19(13-16)40-23(37)7-6-8-24(38)42-34-21(35)11-12-22(34)36;1-23(2,3)22-21(33-13-24(22,4)5)14-9-10-15(16-12-18(35-29-16)25(26,27)28)17(11-14)34-20(32)8-6-7-19(30)31/h9-10,13-14H,6-8,11-12,15H2,1-5H3;9-12H,6-8,13H2,1-5H3,(H,30,31). The summed E-state index contributed by atoms with van der Waals surface area (Å²) in [7, 11) is 0. The van der Waals surface area contributed by atoms with E-state index in [2.05, 4.69) is 54.0 Å². The van der Waals surface area contributed by atoms with Crippen molar-refractivity contribution in [1.29, 1.82) is 0 Å². The normalized spacial score (nSPS) is 16.5. The predicted molar refractivity (Wildman–Crippen MR) is 260 cm³/mol. The van der Waals surface area contributed by atoms with Crippen LogP contribution < -0.4 is 9.47 Å². The lowest BCUT2D eigenvalue weighted by Gasteiger charge is -2.31. The van der Waals surface area contributed by atoms with Gasteiger partial charge in [-0.1, -0.05) is 91.7 Å². The lowest BCUT2D eigenvalue weighted by atomic mass is 9.71. The van der Waals surface area contributed by atoms with Crippen molar-refractivity contribution in [2.24, 2.45) is 21.7 Å². The van der Waals surface area contributed by atoms with Crippen molar-refractivity contribution in [2.75, 3.05) is 13.2 Å². The topological polar surface area (TPSA) is 224 Å². The zero-order chi connectivity index (χ0) is 57.2. The summed E-state index contributed by atoms with van der Waals surface area (Å²) < 4.78 is 111. The fourth-order valence-corrected chi connectivity index (χ4v) is 9.48. The zero-order valence-corrected chi connectivity index (χ0v) is 44.1. The van der Waals surface area contributed by atoms with Crippen LogP contribution in [0.25, 0.3) is 34.0 Å². The van der Waals surface area contributed by atoms with Crippen LogP contribution in [0.5, 0.6) is 11.5 Å². The Morgan fingerprint density at radius 3 is 1.32 bits per heavy atom. The first-order valence-electron chi connectivity index (χ1n) is 24.4. The lowest BCUT2D eigenvalue weighted by molar-refractivity contribution is -0.197. The van der Waals surface area contributed by atoms with E-state index in [0.29, 0.717) is 47.0 Å². The van der Waals surface area contributed by atoms with E-state index in [0.717, 1.165) is 17.2 Å². The maximum Gasteiger partial charge on any atom is 0.452 e. The smallest absolute Gasteiger partial charge is 0.452 e. The molecular formula is C54H59F6N3O14. The third kappa shape index (κ3) is 14.3. The molecule has 416 valence electrons. The number of rotatable bonds is 15. The van der Waals surface area contributed by atoms with Crippen molar-refractivity contribution in [3.8, 4) is 34.0 Å². The molecule has 23 heteroatoms. The number of halogens is 6. The first-order chi connectivity index (χ1) is 35.6.